The molecule has 3 N–H and O–H groups in total. The molecular formula is C17H16F2N2O3. The Morgan fingerprint density at radius 2 is 1.38 bits per heavy atom. The highest BCUT2D eigenvalue weighted by atomic mass is 19.2. The zero-order chi connectivity index (χ0) is 17.5. The summed E-state index contributed by atoms with van der Waals surface area (Å²) in [5, 5.41) is 14.4. The van der Waals surface area contributed by atoms with Crippen LogP contribution in [0.15, 0.2) is 42.5 Å². The van der Waals surface area contributed by atoms with Crippen molar-refractivity contribution < 1.29 is 23.5 Å². The van der Waals surface area contributed by atoms with Gasteiger partial charge in [-0.15, -0.1) is 0 Å². The molecule has 0 saturated carbocycles. The molecule has 0 spiro atoms. The first-order chi connectivity index (χ1) is 11.5. The van der Waals surface area contributed by atoms with E-state index in [0.29, 0.717) is 18.5 Å². The number of hydrogen-bond acceptors (Lipinski definition) is 3. The molecule has 5 nitrogen and oxygen atoms in total. The van der Waals surface area contributed by atoms with Crippen LogP contribution in [0.1, 0.15) is 27.1 Å². The number of carbonyl (C=O) groups is 2. The van der Waals surface area contributed by atoms with Gasteiger partial charge in [-0.25, -0.2) is 8.78 Å². The molecule has 0 bridgehead atoms. The zero-order valence-electron chi connectivity index (χ0n) is 12.7. The van der Waals surface area contributed by atoms with Crippen LogP contribution in [-0.4, -0.2) is 30.0 Å². The number of benzene rings is 2. The summed E-state index contributed by atoms with van der Waals surface area (Å²) in [6.07, 6.45) is 0.471. The molecule has 24 heavy (non-hydrogen) atoms. The van der Waals surface area contributed by atoms with Crippen molar-refractivity contribution in [1.82, 2.24) is 10.6 Å². The summed E-state index contributed by atoms with van der Waals surface area (Å²) in [7, 11) is 0. The molecule has 0 aliphatic rings. The van der Waals surface area contributed by atoms with Crippen molar-refractivity contribution in [3.8, 4) is 5.75 Å². The summed E-state index contributed by atoms with van der Waals surface area (Å²) in [5.74, 6) is -2.82. The molecule has 0 aromatic heterocycles. The second-order valence-electron chi connectivity index (χ2n) is 5.04. The second-order valence-corrected chi connectivity index (χ2v) is 5.04. The first-order valence-electron chi connectivity index (χ1n) is 7.28. The van der Waals surface area contributed by atoms with Crippen molar-refractivity contribution in [3.05, 3.63) is 65.2 Å². The predicted molar refractivity (Wildman–Crippen MR) is 83.7 cm³/mol. The van der Waals surface area contributed by atoms with Crippen LogP contribution >= 0.6 is 0 Å². The molecule has 0 fully saturated rings. The third kappa shape index (κ3) is 4.77. The summed E-state index contributed by atoms with van der Waals surface area (Å²) in [6, 6.07) is 8.73. The molecule has 0 atom stereocenters. The molecule has 126 valence electrons. The summed E-state index contributed by atoms with van der Waals surface area (Å²) >= 11 is 0. The lowest BCUT2D eigenvalue weighted by atomic mass is 10.2. The van der Waals surface area contributed by atoms with E-state index in [-0.39, 0.29) is 23.8 Å². The SMILES string of the molecule is O=C(NCCCNC(=O)c1ccc(F)c(F)c1)c1ccc(O)cc1. The Morgan fingerprint density at radius 1 is 0.833 bits per heavy atom. The van der Waals surface area contributed by atoms with Crippen molar-refractivity contribution >= 4 is 11.8 Å². The minimum absolute atomic E-state index is 0.0297. The van der Waals surface area contributed by atoms with Gasteiger partial charge in [0.15, 0.2) is 11.6 Å². The van der Waals surface area contributed by atoms with E-state index in [2.05, 4.69) is 10.6 Å². The number of hydrogen-bond donors (Lipinski definition) is 3. The molecule has 7 heteroatoms. The van der Waals surface area contributed by atoms with E-state index in [1.807, 2.05) is 0 Å². The highest BCUT2D eigenvalue weighted by Gasteiger charge is 2.09. The van der Waals surface area contributed by atoms with Crippen LogP contribution < -0.4 is 10.6 Å². The van der Waals surface area contributed by atoms with Gasteiger partial charge in [-0.1, -0.05) is 0 Å². The third-order valence-electron chi connectivity index (χ3n) is 3.24. The zero-order valence-corrected chi connectivity index (χ0v) is 12.7. The molecule has 0 aliphatic carbocycles. The Bertz CT molecular complexity index is 733. The van der Waals surface area contributed by atoms with Crippen molar-refractivity contribution in [1.29, 1.82) is 0 Å². The van der Waals surface area contributed by atoms with Gasteiger partial charge in [0.1, 0.15) is 5.75 Å². The highest BCUT2D eigenvalue weighted by Crippen LogP contribution is 2.09. The van der Waals surface area contributed by atoms with E-state index in [1.165, 1.54) is 30.3 Å². The fourth-order valence-electron chi connectivity index (χ4n) is 1.95. The van der Waals surface area contributed by atoms with Gasteiger partial charge in [-0.2, -0.15) is 0 Å². The lowest BCUT2D eigenvalue weighted by Gasteiger charge is -2.07. The summed E-state index contributed by atoms with van der Waals surface area (Å²) in [4.78, 5) is 23.5. The van der Waals surface area contributed by atoms with Crippen LogP contribution in [0.4, 0.5) is 8.78 Å². The molecule has 2 rings (SSSR count). The van der Waals surface area contributed by atoms with Crippen LogP contribution in [0.5, 0.6) is 5.75 Å². The molecule has 0 radical (unpaired) electrons. The van der Waals surface area contributed by atoms with Gasteiger partial charge in [0.25, 0.3) is 11.8 Å². The van der Waals surface area contributed by atoms with Crippen LogP contribution in [0.25, 0.3) is 0 Å². The van der Waals surface area contributed by atoms with Gasteiger partial charge in [0, 0.05) is 24.2 Å². The van der Waals surface area contributed by atoms with Crippen LogP contribution in [0.2, 0.25) is 0 Å². The summed E-state index contributed by atoms with van der Waals surface area (Å²) in [5.41, 5.74) is 0.445. The molecule has 2 amide bonds. The molecule has 2 aromatic rings. The number of halogens is 2. The van der Waals surface area contributed by atoms with E-state index in [9.17, 15) is 18.4 Å². The Balaban J connectivity index is 1.70. The maximum absolute atomic E-state index is 13.0. The van der Waals surface area contributed by atoms with Gasteiger partial charge >= 0.3 is 0 Å². The number of amides is 2. The number of phenols is 1. The van der Waals surface area contributed by atoms with Crippen LogP contribution in [-0.2, 0) is 0 Å². The first kappa shape index (κ1) is 17.4. The van der Waals surface area contributed by atoms with Crippen LogP contribution in [0.3, 0.4) is 0 Å². The maximum atomic E-state index is 13.0. The van der Waals surface area contributed by atoms with E-state index >= 15 is 0 Å². The second kappa shape index (κ2) is 8.05. The molecule has 0 saturated heterocycles. The normalized spacial score (nSPS) is 10.2. The lowest BCUT2D eigenvalue weighted by molar-refractivity contribution is 0.0951. The van der Waals surface area contributed by atoms with Gasteiger partial charge < -0.3 is 15.7 Å². The van der Waals surface area contributed by atoms with E-state index in [0.717, 1.165) is 12.1 Å². The van der Waals surface area contributed by atoms with Gasteiger partial charge in [-0.05, 0) is 48.9 Å². The predicted octanol–water partition coefficient (Wildman–Crippen LogP) is 2.22. The average molecular weight is 334 g/mol. The quantitative estimate of drug-likeness (QED) is 0.709. The average Bonchev–Trinajstić information content (AvgIpc) is 2.57. The van der Waals surface area contributed by atoms with Gasteiger partial charge in [0.2, 0.25) is 0 Å². The third-order valence-corrected chi connectivity index (χ3v) is 3.24. The highest BCUT2D eigenvalue weighted by molar-refractivity contribution is 5.94. The summed E-state index contributed by atoms with van der Waals surface area (Å²) in [6.45, 7) is 0.603. The maximum Gasteiger partial charge on any atom is 0.251 e. The van der Waals surface area contributed by atoms with Crippen LogP contribution in [0, 0.1) is 11.6 Å². The van der Waals surface area contributed by atoms with E-state index in [1.54, 1.807) is 0 Å². The summed E-state index contributed by atoms with van der Waals surface area (Å²) < 4.78 is 25.8. The monoisotopic (exact) mass is 334 g/mol. The largest absolute Gasteiger partial charge is 0.508 e. The first-order valence-corrected chi connectivity index (χ1v) is 7.28. The molecule has 0 aliphatic heterocycles. The van der Waals surface area contributed by atoms with Crippen molar-refractivity contribution in [2.75, 3.05) is 13.1 Å². The van der Waals surface area contributed by atoms with Crippen molar-refractivity contribution in [2.45, 2.75) is 6.42 Å². The standard InChI is InChI=1S/C17H16F2N2O3/c18-14-7-4-12(10-15(14)19)17(24)21-9-1-8-20-16(23)11-2-5-13(22)6-3-11/h2-7,10,22H,1,8-9H2,(H,20,23)(H,21,24). The Hall–Kier alpha value is -2.96. The van der Waals surface area contributed by atoms with Gasteiger partial charge in [-0.3, -0.25) is 9.59 Å². The molecule has 0 heterocycles. The molecule has 2 aromatic carbocycles. The fraction of sp³-hybridized carbons (Fsp3) is 0.176. The molecule has 0 unspecified atom stereocenters. The minimum Gasteiger partial charge on any atom is -0.508 e. The smallest absolute Gasteiger partial charge is 0.251 e. The number of nitrogens with one attached hydrogen (secondary N) is 2. The van der Waals surface area contributed by atoms with Crippen molar-refractivity contribution in [2.24, 2.45) is 0 Å². The minimum atomic E-state index is -1.08. The van der Waals surface area contributed by atoms with E-state index in [4.69, 9.17) is 5.11 Å². The Kier molecular flexibility index (Phi) is 5.83. The van der Waals surface area contributed by atoms with Gasteiger partial charge in [0.05, 0.1) is 0 Å². The Morgan fingerprint density at radius 3 is 1.96 bits per heavy atom. The number of rotatable bonds is 6. The topological polar surface area (TPSA) is 78.4 Å². The van der Waals surface area contributed by atoms with E-state index < -0.39 is 17.5 Å². The van der Waals surface area contributed by atoms with Crippen molar-refractivity contribution in [3.63, 3.8) is 0 Å². The molecular weight excluding hydrogens is 318 g/mol. The number of carbonyl (C=O) groups excluding carboxylic acids is 2. The fourth-order valence-corrected chi connectivity index (χ4v) is 1.95. The lowest BCUT2D eigenvalue weighted by Crippen LogP contribution is -2.30. The number of aromatic hydroxyl groups is 1. The number of phenolic OH excluding ortho intramolecular Hbond substituents is 1. The Labute approximate surface area is 137 Å².